The van der Waals surface area contributed by atoms with Crippen LogP contribution in [0.25, 0.3) is 0 Å². The molecular formula is C15H17NO2S. The third kappa shape index (κ3) is 3.15. The Morgan fingerprint density at radius 3 is 2.58 bits per heavy atom. The van der Waals surface area contributed by atoms with Gasteiger partial charge in [0, 0.05) is 17.1 Å². The summed E-state index contributed by atoms with van der Waals surface area (Å²) < 4.78 is 0. The van der Waals surface area contributed by atoms with Crippen LogP contribution in [-0.2, 0) is 6.54 Å². The van der Waals surface area contributed by atoms with E-state index < -0.39 is 5.97 Å². The van der Waals surface area contributed by atoms with E-state index in [1.54, 1.807) is 6.07 Å². The minimum atomic E-state index is -0.856. The minimum absolute atomic E-state index is 0.398. The molecule has 2 N–H and O–H groups in total. The van der Waals surface area contributed by atoms with E-state index in [1.165, 1.54) is 22.5 Å². The minimum Gasteiger partial charge on any atom is -0.477 e. The van der Waals surface area contributed by atoms with Gasteiger partial charge in [0.1, 0.15) is 4.88 Å². The van der Waals surface area contributed by atoms with Crippen molar-refractivity contribution in [2.75, 3.05) is 5.32 Å². The van der Waals surface area contributed by atoms with Crippen molar-refractivity contribution in [2.24, 2.45) is 0 Å². The van der Waals surface area contributed by atoms with Crippen LogP contribution in [0.1, 0.15) is 31.2 Å². The van der Waals surface area contributed by atoms with Gasteiger partial charge in [0.05, 0.1) is 0 Å². The molecule has 0 radical (unpaired) electrons. The average molecular weight is 275 g/mol. The lowest BCUT2D eigenvalue weighted by molar-refractivity contribution is 0.0702. The molecule has 0 fully saturated rings. The Balaban J connectivity index is 2.12. The summed E-state index contributed by atoms with van der Waals surface area (Å²) in [7, 11) is 0. The molecule has 0 aliphatic rings. The van der Waals surface area contributed by atoms with Crippen LogP contribution < -0.4 is 5.32 Å². The lowest BCUT2D eigenvalue weighted by Crippen LogP contribution is -2.01. The second-order valence-electron chi connectivity index (χ2n) is 4.67. The number of hydrogen-bond donors (Lipinski definition) is 2. The summed E-state index contributed by atoms with van der Waals surface area (Å²) in [5, 5.41) is 12.3. The number of carbonyl (C=O) groups is 1. The molecule has 0 saturated heterocycles. The zero-order valence-corrected chi connectivity index (χ0v) is 12.1. The number of anilines is 1. The number of nitrogens with one attached hydrogen (secondary N) is 1. The van der Waals surface area contributed by atoms with Crippen molar-refractivity contribution in [2.45, 2.75) is 27.3 Å². The van der Waals surface area contributed by atoms with Crippen LogP contribution in [0, 0.1) is 20.8 Å². The van der Waals surface area contributed by atoms with Gasteiger partial charge in [0.15, 0.2) is 0 Å². The second-order valence-corrected chi connectivity index (χ2v) is 5.93. The average Bonchev–Trinajstić information content (AvgIpc) is 2.70. The molecule has 0 spiro atoms. The maximum absolute atomic E-state index is 10.9. The van der Waals surface area contributed by atoms with Gasteiger partial charge < -0.3 is 10.4 Å². The number of benzene rings is 1. The first-order valence-corrected chi connectivity index (χ1v) is 6.92. The first-order chi connectivity index (χ1) is 8.97. The second kappa shape index (κ2) is 5.45. The van der Waals surface area contributed by atoms with Crippen LogP contribution in [0.4, 0.5) is 5.69 Å². The maximum Gasteiger partial charge on any atom is 0.345 e. The predicted molar refractivity (Wildman–Crippen MR) is 79.3 cm³/mol. The molecule has 0 aliphatic heterocycles. The molecule has 0 atom stereocenters. The Morgan fingerprint density at radius 1 is 1.26 bits per heavy atom. The number of carboxylic acids is 1. The van der Waals surface area contributed by atoms with Gasteiger partial charge in [-0.15, -0.1) is 11.3 Å². The molecular weight excluding hydrogens is 258 g/mol. The van der Waals surface area contributed by atoms with Crippen molar-refractivity contribution in [3.63, 3.8) is 0 Å². The zero-order chi connectivity index (χ0) is 14.0. The summed E-state index contributed by atoms with van der Waals surface area (Å²) in [6.45, 7) is 6.74. The number of aromatic carboxylic acids is 1. The number of carboxylic acid groups (broad SMARTS) is 1. The van der Waals surface area contributed by atoms with Crippen molar-refractivity contribution in [3.05, 3.63) is 50.7 Å². The van der Waals surface area contributed by atoms with Crippen molar-refractivity contribution in [1.82, 2.24) is 0 Å². The van der Waals surface area contributed by atoms with Crippen molar-refractivity contribution in [3.8, 4) is 0 Å². The summed E-state index contributed by atoms with van der Waals surface area (Å²) in [6, 6.07) is 8.01. The molecule has 2 aromatic rings. The summed E-state index contributed by atoms with van der Waals surface area (Å²) >= 11 is 1.32. The van der Waals surface area contributed by atoms with Gasteiger partial charge >= 0.3 is 5.97 Å². The zero-order valence-electron chi connectivity index (χ0n) is 11.3. The van der Waals surface area contributed by atoms with E-state index in [-0.39, 0.29) is 0 Å². The molecule has 0 bridgehead atoms. The van der Waals surface area contributed by atoms with E-state index in [9.17, 15) is 4.79 Å². The van der Waals surface area contributed by atoms with Gasteiger partial charge in [0.25, 0.3) is 0 Å². The predicted octanol–water partition coefficient (Wildman–Crippen LogP) is 3.98. The molecule has 4 heteroatoms. The molecule has 0 saturated carbocycles. The van der Waals surface area contributed by atoms with Crippen LogP contribution >= 0.6 is 11.3 Å². The highest BCUT2D eigenvalue weighted by atomic mass is 32.1. The lowest BCUT2D eigenvalue weighted by atomic mass is 10.1. The molecule has 0 unspecified atom stereocenters. The van der Waals surface area contributed by atoms with E-state index in [0.29, 0.717) is 11.4 Å². The van der Waals surface area contributed by atoms with E-state index in [1.807, 2.05) is 6.92 Å². The van der Waals surface area contributed by atoms with Crippen molar-refractivity contribution >= 4 is 23.0 Å². The SMILES string of the molecule is Cc1ccc(NCc2cc(C(=O)O)sc2C)c(C)c1. The lowest BCUT2D eigenvalue weighted by Gasteiger charge is -2.10. The van der Waals surface area contributed by atoms with E-state index in [4.69, 9.17) is 5.11 Å². The Labute approximate surface area is 116 Å². The van der Waals surface area contributed by atoms with E-state index >= 15 is 0 Å². The summed E-state index contributed by atoms with van der Waals surface area (Å²) in [4.78, 5) is 12.4. The fourth-order valence-electron chi connectivity index (χ4n) is 2.00. The number of rotatable bonds is 4. The smallest absolute Gasteiger partial charge is 0.345 e. The highest BCUT2D eigenvalue weighted by Gasteiger charge is 2.10. The summed E-state index contributed by atoms with van der Waals surface area (Å²) in [5.41, 5.74) is 4.57. The Hall–Kier alpha value is -1.81. The van der Waals surface area contributed by atoms with E-state index in [2.05, 4.69) is 37.4 Å². The monoisotopic (exact) mass is 275 g/mol. The fraction of sp³-hybridized carbons (Fsp3) is 0.267. The van der Waals surface area contributed by atoms with Crippen LogP contribution in [0.3, 0.4) is 0 Å². The van der Waals surface area contributed by atoms with Crippen molar-refractivity contribution < 1.29 is 9.90 Å². The van der Waals surface area contributed by atoms with Gasteiger partial charge in [-0.25, -0.2) is 4.79 Å². The van der Waals surface area contributed by atoms with Gasteiger partial charge in [-0.1, -0.05) is 17.7 Å². The van der Waals surface area contributed by atoms with Crippen molar-refractivity contribution in [1.29, 1.82) is 0 Å². The fourth-order valence-corrected chi connectivity index (χ4v) is 2.88. The molecule has 19 heavy (non-hydrogen) atoms. The molecule has 0 aliphatic carbocycles. The highest BCUT2D eigenvalue weighted by molar-refractivity contribution is 7.14. The molecule has 0 amide bonds. The Morgan fingerprint density at radius 2 is 2.00 bits per heavy atom. The molecule has 100 valence electrons. The molecule has 1 heterocycles. The molecule has 1 aromatic carbocycles. The van der Waals surface area contributed by atoms with Crippen LogP contribution in [0.2, 0.25) is 0 Å². The van der Waals surface area contributed by atoms with Crippen LogP contribution in [0.5, 0.6) is 0 Å². The third-order valence-corrected chi connectivity index (χ3v) is 4.16. The highest BCUT2D eigenvalue weighted by Crippen LogP contribution is 2.23. The topological polar surface area (TPSA) is 49.3 Å². The quantitative estimate of drug-likeness (QED) is 0.887. The standard InChI is InChI=1S/C15H17NO2S/c1-9-4-5-13(10(2)6-9)16-8-12-7-14(15(17)18)19-11(12)3/h4-7,16H,8H2,1-3H3,(H,17,18). The van der Waals surface area contributed by atoms with Gasteiger partial charge in [-0.2, -0.15) is 0 Å². The summed E-state index contributed by atoms with van der Waals surface area (Å²) in [6.07, 6.45) is 0. The molecule has 3 nitrogen and oxygen atoms in total. The van der Waals surface area contributed by atoms with Crippen LogP contribution in [-0.4, -0.2) is 11.1 Å². The largest absolute Gasteiger partial charge is 0.477 e. The Bertz CT molecular complexity index is 617. The van der Waals surface area contributed by atoms with Crippen LogP contribution in [0.15, 0.2) is 24.3 Å². The first kappa shape index (κ1) is 13.6. The number of thiophene rings is 1. The number of hydrogen-bond acceptors (Lipinski definition) is 3. The molecule has 2 rings (SSSR count). The normalized spacial score (nSPS) is 10.5. The summed E-state index contributed by atoms with van der Waals surface area (Å²) in [5.74, 6) is -0.856. The number of aryl methyl sites for hydroxylation is 3. The van der Waals surface area contributed by atoms with E-state index in [0.717, 1.165) is 16.1 Å². The molecule has 1 aromatic heterocycles. The van der Waals surface area contributed by atoms with Gasteiger partial charge in [-0.3, -0.25) is 0 Å². The maximum atomic E-state index is 10.9. The first-order valence-electron chi connectivity index (χ1n) is 6.11. The van der Waals surface area contributed by atoms with Gasteiger partial charge in [0.2, 0.25) is 0 Å². The Kier molecular flexibility index (Phi) is 3.90. The van der Waals surface area contributed by atoms with Gasteiger partial charge in [-0.05, 0) is 44.0 Å². The third-order valence-electron chi connectivity index (χ3n) is 3.08.